The fourth-order valence-corrected chi connectivity index (χ4v) is 4.10. The number of carbonyl (C=O) groups excluding carboxylic acids is 2. The molecular weight excluding hydrogens is 348 g/mol. The minimum absolute atomic E-state index is 0.0793. The molecule has 1 aromatic carbocycles. The van der Waals surface area contributed by atoms with Gasteiger partial charge in [0.2, 0.25) is 0 Å². The fourth-order valence-electron chi connectivity index (χ4n) is 2.24. The van der Waals surface area contributed by atoms with Crippen LogP contribution in [0.3, 0.4) is 0 Å². The van der Waals surface area contributed by atoms with Gasteiger partial charge in [-0.3, -0.25) is 9.59 Å². The molecule has 0 atom stereocenters. The first-order valence-electron chi connectivity index (χ1n) is 7.06. The maximum atomic E-state index is 12.3. The van der Waals surface area contributed by atoms with E-state index in [4.69, 9.17) is 5.73 Å². The zero-order chi connectivity index (χ0) is 18.1. The van der Waals surface area contributed by atoms with Gasteiger partial charge in [-0.25, -0.2) is 8.42 Å². The largest absolute Gasteiger partial charge is 0.365 e. The average molecular weight is 366 g/mol. The molecule has 0 aliphatic carbocycles. The van der Waals surface area contributed by atoms with E-state index in [1.807, 2.05) is 6.92 Å². The van der Waals surface area contributed by atoms with Crippen molar-refractivity contribution in [2.24, 2.45) is 5.73 Å². The van der Waals surface area contributed by atoms with Crippen molar-refractivity contribution in [3.8, 4) is 0 Å². The highest BCUT2D eigenvalue weighted by Crippen LogP contribution is 2.32. The van der Waals surface area contributed by atoms with E-state index >= 15 is 0 Å². The summed E-state index contributed by atoms with van der Waals surface area (Å²) in [5.41, 5.74) is 7.43. The van der Waals surface area contributed by atoms with E-state index in [0.29, 0.717) is 21.7 Å². The number of primary amides is 1. The number of sulfone groups is 1. The van der Waals surface area contributed by atoms with Crippen molar-refractivity contribution in [3.63, 3.8) is 0 Å². The Morgan fingerprint density at radius 3 is 2.25 bits per heavy atom. The third-order valence-corrected chi connectivity index (χ3v) is 5.48. The summed E-state index contributed by atoms with van der Waals surface area (Å²) in [6, 6.07) is 6.28. The maximum Gasteiger partial charge on any atom is 0.256 e. The van der Waals surface area contributed by atoms with Crippen molar-refractivity contribution in [2.45, 2.75) is 19.6 Å². The molecule has 2 aromatic rings. The van der Waals surface area contributed by atoms with Crippen LogP contribution >= 0.6 is 11.3 Å². The number of thiophene rings is 1. The molecule has 3 N–H and O–H groups in total. The van der Waals surface area contributed by atoms with E-state index in [9.17, 15) is 18.0 Å². The van der Waals surface area contributed by atoms with Gasteiger partial charge in [0.1, 0.15) is 5.00 Å². The summed E-state index contributed by atoms with van der Waals surface area (Å²) in [6.07, 6.45) is 1.15. The van der Waals surface area contributed by atoms with Gasteiger partial charge in [-0.1, -0.05) is 12.1 Å². The van der Waals surface area contributed by atoms with Crippen LogP contribution in [-0.2, 0) is 15.6 Å². The van der Waals surface area contributed by atoms with Gasteiger partial charge in [0.05, 0.1) is 11.3 Å². The van der Waals surface area contributed by atoms with Crippen LogP contribution in [0.25, 0.3) is 0 Å². The van der Waals surface area contributed by atoms with Crippen LogP contribution in [0.1, 0.15) is 36.7 Å². The number of carbonyl (C=O) groups is 2. The molecule has 6 nitrogen and oxygen atoms in total. The first-order valence-corrected chi connectivity index (χ1v) is 9.94. The minimum Gasteiger partial charge on any atom is -0.365 e. The quantitative estimate of drug-likeness (QED) is 0.846. The third kappa shape index (κ3) is 4.21. The molecule has 0 fully saturated rings. The molecule has 24 heavy (non-hydrogen) atoms. The number of hydrogen-bond donors (Lipinski definition) is 2. The highest BCUT2D eigenvalue weighted by Gasteiger charge is 2.19. The Labute approximate surface area is 144 Å². The molecule has 0 bridgehead atoms. The van der Waals surface area contributed by atoms with E-state index in [-0.39, 0.29) is 11.7 Å². The van der Waals surface area contributed by atoms with Gasteiger partial charge in [-0.2, -0.15) is 0 Å². The minimum atomic E-state index is -3.13. The highest BCUT2D eigenvalue weighted by molar-refractivity contribution is 7.89. The van der Waals surface area contributed by atoms with Crippen LogP contribution in [0.5, 0.6) is 0 Å². The number of anilines is 1. The molecule has 0 unspecified atom stereocenters. The molecule has 0 spiro atoms. The van der Waals surface area contributed by atoms with Crippen molar-refractivity contribution < 1.29 is 18.0 Å². The topological polar surface area (TPSA) is 106 Å². The lowest BCUT2D eigenvalue weighted by atomic mass is 10.1. The lowest BCUT2D eigenvalue weighted by molar-refractivity contribution is 0.100. The van der Waals surface area contributed by atoms with Crippen LogP contribution in [-0.4, -0.2) is 26.5 Å². The van der Waals surface area contributed by atoms with Gasteiger partial charge < -0.3 is 11.1 Å². The Balaban J connectivity index is 2.22. The summed E-state index contributed by atoms with van der Waals surface area (Å²) in [7, 11) is -3.13. The number of nitrogens with two attached hydrogens (primary N) is 1. The van der Waals surface area contributed by atoms with Crippen molar-refractivity contribution in [1.29, 1.82) is 0 Å². The Morgan fingerprint density at radius 2 is 1.75 bits per heavy atom. The zero-order valence-electron chi connectivity index (χ0n) is 13.5. The smallest absolute Gasteiger partial charge is 0.256 e. The maximum absolute atomic E-state index is 12.3. The molecule has 1 heterocycles. The van der Waals surface area contributed by atoms with Crippen LogP contribution in [0.15, 0.2) is 24.3 Å². The van der Waals surface area contributed by atoms with Crippen molar-refractivity contribution in [1.82, 2.24) is 0 Å². The van der Waals surface area contributed by atoms with Gasteiger partial charge in [0.25, 0.3) is 11.8 Å². The first kappa shape index (κ1) is 18.2. The molecule has 2 rings (SSSR count). The second kappa shape index (κ2) is 6.74. The number of amides is 2. The van der Waals surface area contributed by atoms with Crippen molar-refractivity contribution in [2.75, 3.05) is 11.6 Å². The summed E-state index contributed by atoms with van der Waals surface area (Å²) in [4.78, 5) is 24.8. The molecule has 2 amide bonds. The second-order valence-corrected chi connectivity index (χ2v) is 8.94. The number of rotatable bonds is 5. The van der Waals surface area contributed by atoms with Gasteiger partial charge in [0, 0.05) is 16.7 Å². The third-order valence-electron chi connectivity index (χ3n) is 3.50. The number of aryl methyl sites for hydroxylation is 1. The molecule has 0 aliphatic heterocycles. The number of nitrogens with one attached hydrogen (secondary N) is 1. The lowest BCUT2D eigenvalue weighted by Gasteiger charge is -2.06. The van der Waals surface area contributed by atoms with Gasteiger partial charge >= 0.3 is 0 Å². The second-order valence-electron chi connectivity index (χ2n) is 5.57. The van der Waals surface area contributed by atoms with Crippen molar-refractivity contribution in [3.05, 3.63) is 51.4 Å². The summed E-state index contributed by atoms with van der Waals surface area (Å²) < 4.78 is 22.5. The van der Waals surface area contributed by atoms with E-state index in [2.05, 4.69) is 5.32 Å². The van der Waals surface area contributed by atoms with E-state index in [1.54, 1.807) is 31.2 Å². The molecule has 1 aromatic heterocycles. The van der Waals surface area contributed by atoms with Crippen LogP contribution in [0.4, 0.5) is 5.00 Å². The lowest BCUT2D eigenvalue weighted by Crippen LogP contribution is -2.17. The van der Waals surface area contributed by atoms with Crippen LogP contribution in [0.2, 0.25) is 0 Å². The fraction of sp³-hybridized carbons (Fsp3) is 0.250. The highest BCUT2D eigenvalue weighted by atomic mass is 32.2. The summed E-state index contributed by atoms with van der Waals surface area (Å²) in [5.74, 6) is -1.05. The molecule has 0 saturated heterocycles. The average Bonchev–Trinajstić information content (AvgIpc) is 2.72. The summed E-state index contributed by atoms with van der Waals surface area (Å²) >= 11 is 1.29. The van der Waals surface area contributed by atoms with Gasteiger partial charge in [0.15, 0.2) is 9.84 Å². The Bertz CT molecular complexity index is 897. The molecular formula is C16H18N2O4S2. The van der Waals surface area contributed by atoms with E-state index < -0.39 is 15.7 Å². The Kier molecular flexibility index (Phi) is 5.10. The van der Waals surface area contributed by atoms with E-state index in [0.717, 1.165) is 16.7 Å². The molecule has 8 heteroatoms. The predicted molar refractivity (Wildman–Crippen MR) is 95.3 cm³/mol. The summed E-state index contributed by atoms with van der Waals surface area (Å²) in [6.45, 7) is 3.63. The summed E-state index contributed by atoms with van der Waals surface area (Å²) in [5, 5.41) is 3.12. The molecule has 0 aliphatic rings. The van der Waals surface area contributed by atoms with Crippen LogP contribution in [0, 0.1) is 13.8 Å². The molecule has 0 radical (unpaired) electrons. The SMILES string of the molecule is Cc1sc(NC(=O)c2ccc(CS(C)(=O)=O)cc2)c(C(N)=O)c1C. The van der Waals surface area contributed by atoms with E-state index in [1.165, 1.54) is 11.3 Å². The van der Waals surface area contributed by atoms with Crippen LogP contribution < -0.4 is 11.1 Å². The number of hydrogen-bond acceptors (Lipinski definition) is 5. The molecule has 128 valence electrons. The van der Waals surface area contributed by atoms with Gasteiger partial charge in [-0.15, -0.1) is 11.3 Å². The Morgan fingerprint density at radius 1 is 1.17 bits per heavy atom. The normalized spacial score (nSPS) is 11.3. The Hall–Kier alpha value is -2.19. The standard InChI is InChI=1S/C16H18N2O4S2/c1-9-10(2)23-16(13(9)14(17)19)18-15(20)12-6-4-11(5-7-12)8-24(3,21)22/h4-7H,8H2,1-3H3,(H2,17,19)(H,18,20). The first-order chi connectivity index (χ1) is 11.1. The molecule has 0 saturated carbocycles. The monoisotopic (exact) mass is 366 g/mol. The number of benzene rings is 1. The zero-order valence-corrected chi connectivity index (χ0v) is 15.2. The van der Waals surface area contributed by atoms with Gasteiger partial charge in [-0.05, 0) is 37.1 Å². The predicted octanol–water partition coefficient (Wildman–Crippen LogP) is 2.26. The van der Waals surface area contributed by atoms with Crippen molar-refractivity contribution >= 4 is 38.0 Å².